The van der Waals surface area contributed by atoms with Crippen LogP contribution in [0.5, 0.6) is 0 Å². The van der Waals surface area contributed by atoms with E-state index in [0.717, 1.165) is 0 Å². The minimum atomic E-state index is -1.02. The molecule has 18 heavy (non-hydrogen) atoms. The molecule has 0 spiro atoms. The lowest BCUT2D eigenvalue weighted by molar-refractivity contribution is -0.166. The largest absolute Gasteiger partial charge is 0.481 e. The van der Waals surface area contributed by atoms with Gasteiger partial charge in [-0.3, -0.25) is 9.59 Å². The molecule has 0 aromatic carbocycles. The van der Waals surface area contributed by atoms with Crippen LogP contribution in [0.4, 0.5) is 0 Å². The van der Waals surface area contributed by atoms with E-state index in [0.29, 0.717) is 0 Å². The average Bonchev–Trinajstić information content (AvgIpc) is 2.20. The Kier molecular flexibility index (Phi) is 6.37. The molecule has 0 heterocycles. The highest BCUT2D eigenvalue weighted by Crippen LogP contribution is 2.24. The van der Waals surface area contributed by atoms with Crippen LogP contribution >= 0.6 is 0 Å². The van der Waals surface area contributed by atoms with Gasteiger partial charge in [-0.2, -0.15) is 0 Å². The van der Waals surface area contributed by atoms with Gasteiger partial charge in [0.15, 0.2) is 0 Å². The fourth-order valence-electron chi connectivity index (χ4n) is 1.60. The van der Waals surface area contributed by atoms with Gasteiger partial charge in [0.1, 0.15) is 5.60 Å². The maximum absolute atomic E-state index is 12.0. The molecule has 1 N–H and O–H groups in total. The predicted molar refractivity (Wildman–Crippen MR) is 70.1 cm³/mol. The minimum Gasteiger partial charge on any atom is -0.481 e. The average molecular weight is 254 g/mol. The lowest BCUT2D eigenvalue weighted by atomic mass is 9.86. The summed E-state index contributed by atoms with van der Waals surface area (Å²) in [6.45, 7) is 12.3. The molecule has 2 atom stereocenters. The summed E-state index contributed by atoms with van der Waals surface area (Å²) in [5.41, 5.74) is -0.631. The topological polar surface area (TPSA) is 63.6 Å². The maximum atomic E-state index is 12.0. The molecule has 0 aliphatic rings. The number of aliphatic carboxylic acids is 1. The van der Waals surface area contributed by atoms with Crippen molar-refractivity contribution in [1.82, 2.24) is 0 Å². The Balaban J connectivity index is 5.01. The molecule has 0 bridgehead atoms. The highest BCUT2D eigenvalue weighted by molar-refractivity contribution is 5.81. The van der Waals surface area contributed by atoms with Crippen LogP contribution in [0.1, 0.15) is 33.6 Å². The molecule has 102 valence electrons. The molecule has 0 aromatic rings. The maximum Gasteiger partial charge on any atom is 0.310 e. The number of carboxylic acids is 1. The van der Waals surface area contributed by atoms with Crippen molar-refractivity contribution < 1.29 is 19.4 Å². The fraction of sp³-hybridized carbons (Fsp3) is 0.571. The SMILES string of the molecule is C=CC[C@H](C(=O)OC(C)(C)C)[C@@H](CC=C)C(=O)O. The van der Waals surface area contributed by atoms with E-state index in [1.165, 1.54) is 12.2 Å². The van der Waals surface area contributed by atoms with Gasteiger partial charge in [0.05, 0.1) is 11.8 Å². The Morgan fingerprint density at radius 3 is 1.94 bits per heavy atom. The number of ether oxygens (including phenoxy) is 1. The monoisotopic (exact) mass is 254 g/mol. The first kappa shape index (κ1) is 16.4. The minimum absolute atomic E-state index is 0.229. The summed E-state index contributed by atoms with van der Waals surface area (Å²) in [6.07, 6.45) is 3.54. The zero-order chi connectivity index (χ0) is 14.3. The van der Waals surface area contributed by atoms with E-state index in [1.807, 2.05) is 0 Å². The van der Waals surface area contributed by atoms with E-state index in [9.17, 15) is 9.59 Å². The summed E-state index contributed by atoms with van der Waals surface area (Å²) >= 11 is 0. The van der Waals surface area contributed by atoms with Crippen molar-refractivity contribution in [1.29, 1.82) is 0 Å². The van der Waals surface area contributed by atoms with Gasteiger partial charge < -0.3 is 9.84 Å². The van der Waals surface area contributed by atoms with Crippen LogP contribution in [0.2, 0.25) is 0 Å². The number of esters is 1. The molecule has 0 unspecified atom stereocenters. The zero-order valence-corrected chi connectivity index (χ0v) is 11.3. The van der Waals surface area contributed by atoms with Crippen molar-refractivity contribution in [2.45, 2.75) is 39.2 Å². The van der Waals surface area contributed by atoms with Crippen LogP contribution < -0.4 is 0 Å². The zero-order valence-electron chi connectivity index (χ0n) is 11.3. The predicted octanol–water partition coefficient (Wildman–Crippen LogP) is 2.80. The highest BCUT2D eigenvalue weighted by Gasteiger charge is 2.34. The van der Waals surface area contributed by atoms with Gasteiger partial charge in [-0.25, -0.2) is 0 Å². The Morgan fingerprint density at radius 1 is 1.17 bits per heavy atom. The first-order valence-corrected chi connectivity index (χ1v) is 5.90. The van der Waals surface area contributed by atoms with Gasteiger partial charge in [0.2, 0.25) is 0 Å². The van der Waals surface area contributed by atoms with Crippen LogP contribution in [0.3, 0.4) is 0 Å². The van der Waals surface area contributed by atoms with E-state index >= 15 is 0 Å². The van der Waals surface area contributed by atoms with Gasteiger partial charge in [0, 0.05) is 0 Å². The van der Waals surface area contributed by atoms with Crippen LogP contribution in [-0.2, 0) is 14.3 Å². The Hall–Kier alpha value is -1.58. The molecule has 0 amide bonds. The van der Waals surface area contributed by atoms with Crippen LogP contribution in [-0.4, -0.2) is 22.6 Å². The number of carbonyl (C=O) groups is 2. The second kappa shape index (κ2) is 6.99. The van der Waals surface area contributed by atoms with Crippen LogP contribution in [0, 0.1) is 11.8 Å². The fourth-order valence-corrected chi connectivity index (χ4v) is 1.60. The molecule has 4 heteroatoms. The molecule has 0 aliphatic carbocycles. The molecule has 0 aromatic heterocycles. The van der Waals surface area contributed by atoms with Crippen LogP contribution in [0.25, 0.3) is 0 Å². The number of carbonyl (C=O) groups excluding carboxylic acids is 1. The third kappa shape index (κ3) is 5.66. The number of carboxylic acid groups (broad SMARTS) is 1. The molecular weight excluding hydrogens is 232 g/mol. The lowest BCUT2D eigenvalue weighted by Gasteiger charge is -2.26. The summed E-state index contributed by atoms with van der Waals surface area (Å²) in [7, 11) is 0. The molecule has 4 nitrogen and oxygen atoms in total. The molecule has 0 radical (unpaired) electrons. The normalized spacial score (nSPS) is 14.4. The van der Waals surface area contributed by atoms with Crippen molar-refractivity contribution in [3.8, 4) is 0 Å². The molecular formula is C14H22O4. The lowest BCUT2D eigenvalue weighted by Crippen LogP contribution is -2.35. The number of rotatable bonds is 7. The molecule has 0 fully saturated rings. The summed E-state index contributed by atoms with van der Waals surface area (Å²) in [5, 5.41) is 9.16. The second-order valence-electron chi connectivity index (χ2n) is 5.13. The van der Waals surface area contributed by atoms with E-state index in [1.54, 1.807) is 20.8 Å². The van der Waals surface area contributed by atoms with Gasteiger partial charge in [0.25, 0.3) is 0 Å². The van der Waals surface area contributed by atoms with Crippen molar-refractivity contribution in [3.05, 3.63) is 25.3 Å². The van der Waals surface area contributed by atoms with Crippen molar-refractivity contribution in [3.63, 3.8) is 0 Å². The van der Waals surface area contributed by atoms with Crippen molar-refractivity contribution in [2.24, 2.45) is 11.8 Å². The quantitative estimate of drug-likeness (QED) is 0.560. The molecule has 0 rings (SSSR count). The third-order valence-corrected chi connectivity index (χ3v) is 2.35. The number of allylic oxidation sites excluding steroid dienone is 2. The number of hydrogen-bond acceptors (Lipinski definition) is 3. The molecule has 0 saturated heterocycles. The standard InChI is InChI=1S/C14H22O4/c1-6-8-10(12(15)16)11(9-7-2)13(17)18-14(3,4)5/h6-7,10-11H,1-2,8-9H2,3-5H3,(H,15,16)/t10-,11+/m1/s1. The Bertz CT molecular complexity index is 325. The van der Waals surface area contributed by atoms with E-state index in [-0.39, 0.29) is 12.8 Å². The van der Waals surface area contributed by atoms with E-state index < -0.39 is 29.4 Å². The summed E-state index contributed by atoms with van der Waals surface area (Å²) in [6, 6.07) is 0. The van der Waals surface area contributed by atoms with Crippen LogP contribution in [0.15, 0.2) is 25.3 Å². The molecule has 0 saturated carbocycles. The van der Waals surface area contributed by atoms with Crippen molar-refractivity contribution >= 4 is 11.9 Å². The third-order valence-electron chi connectivity index (χ3n) is 2.35. The van der Waals surface area contributed by atoms with Crippen molar-refractivity contribution in [2.75, 3.05) is 0 Å². The van der Waals surface area contributed by atoms with Gasteiger partial charge >= 0.3 is 11.9 Å². The first-order chi connectivity index (χ1) is 8.22. The molecule has 0 aliphatic heterocycles. The summed E-state index contributed by atoms with van der Waals surface area (Å²) in [5.74, 6) is -3.07. The van der Waals surface area contributed by atoms with E-state index in [2.05, 4.69) is 13.2 Å². The Morgan fingerprint density at radius 2 is 1.61 bits per heavy atom. The first-order valence-electron chi connectivity index (χ1n) is 5.90. The summed E-state index contributed by atoms with van der Waals surface area (Å²) < 4.78 is 5.25. The second-order valence-corrected chi connectivity index (χ2v) is 5.13. The highest BCUT2D eigenvalue weighted by atomic mass is 16.6. The van der Waals surface area contributed by atoms with Gasteiger partial charge in [-0.05, 0) is 33.6 Å². The smallest absolute Gasteiger partial charge is 0.310 e. The van der Waals surface area contributed by atoms with E-state index in [4.69, 9.17) is 9.84 Å². The Labute approximate surface area is 108 Å². The number of hydrogen-bond donors (Lipinski definition) is 1. The van der Waals surface area contributed by atoms with Gasteiger partial charge in [-0.15, -0.1) is 13.2 Å². The summed E-state index contributed by atoms with van der Waals surface area (Å²) in [4.78, 5) is 23.2. The van der Waals surface area contributed by atoms with Gasteiger partial charge in [-0.1, -0.05) is 12.2 Å².